The number of carbonyl (C=O) groups excluding carboxylic acids is 2. The summed E-state index contributed by atoms with van der Waals surface area (Å²) < 4.78 is 14.6. The number of hydrogen-bond donors (Lipinski definition) is 1. The smallest absolute Gasteiger partial charge is 0.273 e. The predicted octanol–water partition coefficient (Wildman–Crippen LogP) is 3.15. The van der Waals surface area contributed by atoms with Crippen molar-refractivity contribution in [3.05, 3.63) is 76.3 Å². The SMILES string of the molecule is Cc1c(C(=O)NCC2CC(=O)N(Cc3ccc(F)cc3)C2)nnn1-c1cccc(Cl)c1. The van der Waals surface area contributed by atoms with E-state index in [1.54, 1.807) is 46.8 Å². The normalized spacial score (nSPS) is 16.0. The number of nitrogens with zero attached hydrogens (tertiary/aromatic N) is 4. The largest absolute Gasteiger partial charge is 0.350 e. The first kappa shape index (κ1) is 21.0. The Bertz CT molecular complexity index is 1120. The molecule has 0 aliphatic carbocycles. The van der Waals surface area contributed by atoms with Gasteiger partial charge in [0.1, 0.15) is 5.82 Å². The summed E-state index contributed by atoms with van der Waals surface area (Å²) in [6.07, 6.45) is 0.357. The van der Waals surface area contributed by atoms with E-state index in [0.29, 0.717) is 36.8 Å². The van der Waals surface area contributed by atoms with Crippen molar-refractivity contribution >= 4 is 23.4 Å². The van der Waals surface area contributed by atoms with Gasteiger partial charge in [0.2, 0.25) is 5.91 Å². The predicted molar refractivity (Wildman–Crippen MR) is 113 cm³/mol. The number of hydrogen-bond acceptors (Lipinski definition) is 4. The molecule has 1 N–H and O–H groups in total. The quantitative estimate of drug-likeness (QED) is 0.637. The molecule has 0 bridgehead atoms. The fourth-order valence-electron chi connectivity index (χ4n) is 3.67. The zero-order chi connectivity index (χ0) is 22.0. The van der Waals surface area contributed by atoms with Crippen LogP contribution in [-0.2, 0) is 11.3 Å². The molecule has 1 unspecified atom stereocenters. The zero-order valence-corrected chi connectivity index (χ0v) is 17.6. The molecule has 160 valence electrons. The number of likely N-dealkylation sites (tertiary alicyclic amines) is 1. The topological polar surface area (TPSA) is 80.1 Å². The van der Waals surface area contributed by atoms with E-state index in [1.807, 2.05) is 6.07 Å². The van der Waals surface area contributed by atoms with Crippen molar-refractivity contribution in [1.29, 1.82) is 0 Å². The molecule has 2 amide bonds. The number of carbonyl (C=O) groups is 2. The van der Waals surface area contributed by atoms with Gasteiger partial charge >= 0.3 is 0 Å². The molecule has 31 heavy (non-hydrogen) atoms. The van der Waals surface area contributed by atoms with Gasteiger partial charge in [-0.05, 0) is 42.8 Å². The Kier molecular flexibility index (Phi) is 5.99. The van der Waals surface area contributed by atoms with Gasteiger partial charge in [0.05, 0.1) is 11.4 Å². The van der Waals surface area contributed by atoms with Crippen LogP contribution in [0.2, 0.25) is 5.02 Å². The molecule has 1 fully saturated rings. The first-order chi connectivity index (χ1) is 14.9. The van der Waals surface area contributed by atoms with Crippen LogP contribution in [0.5, 0.6) is 0 Å². The van der Waals surface area contributed by atoms with E-state index < -0.39 is 0 Å². The Labute approximate surface area is 183 Å². The van der Waals surface area contributed by atoms with Crippen LogP contribution in [0.4, 0.5) is 4.39 Å². The van der Waals surface area contributed by atoms with E-state index in [2.05, 4.69) is 15.6 Å². The lowest BCUT2D eigenvalue weighted by Crippen LogP contribution is -2.31. The van der Waals surface area contributed by atoms with Crippen molar-refractivity contribution in [2.75, 3.05) is 13.1 Å². The van der Waals surface area contributed by atoms with E-state index in [1.165, 1.54) is 12.1 Å². The molecule has 1 atom stereocenters. The average molecular weight is 442 g/mol. The van der Waals surface area contributed by atoms with E-state index in [9.17, 15) is 14.0 Å². The Morgan fingerprint density at radius 1 is 1.26 bits per heavy atom. The van der Waals surface area contributed by atoms with Crippen molar-refractivity contribution < 1.29 is 14.0 Å². The first-order valence-electron chi connectivity index (χ1n) is 9.89. The molecular formula is C22H21ClFN5O2. The molecule has 0 spiro atoms. The third-order valence-electron chi connectivity index (χ3n) is 5.29. The third-order valence-corrected chi connectivity index (χ3v) is 5.53. The molecule has 2 aromatic carbocycles. The number of rotatable bonds is 6. The molecule has 1 aromatic heterocycles. The summed E-state index contributed by atoms with van der Waals surface area (Å²) in [5.74, 6) is -0.623. The van der Waals surface area contributed by atoms with Crippen LogP contribution in [-0.4, -0.2) is 44.8 Å². The van der Waals surface area contributed by atoms with E-state index in [4.69, 9.17) is 11.6 Å². The average Bonchev–Trinajstić information content (AvgIpc) is 3.30. The van der Waals surface area contributed by atoms with E-state index >= 15 is 0 Å². The van der Waals surface area contributed by atoms with Crippen molar-refractivity contribution in [1.82, 2.24) is 25.2 Å². The summed E-state index contributed by atoms with van der Waals surface area (Å²) in [5, 5.41) is 11.5. The van der Waals surface area contributed by atoms with E-state index in [-0.39, 0.29) is 29.2 Å². The monoisotopic (exact) mass is 441 g/mol. The molecule has 1 saturated heterocycles. The second kappa shape index (κ2) is 8.85. The van der Waals surface area contributed by atoms with Gasteiger partial charge in [-0.3, -0.25) is 9.59 Å². The fourth-order valence-corrected chi connectivity index (χ4v) is 3.85. The van der Waals surface area contributed by atoms with Gasteiger partial charge in [0.25, 0.3) is 5.91 Å². The van der Waals surface area contributed by atoms with Crippen molar-refractivity contribution in [2.45, 2.75) is 19.9 Å². The number of benzene rings is 2. The fraction of sp³-hybridized carbons (Fsp3) is 0.273. The molecule has 1 aliphatic rings. The minimum Gasteiger partial charge on any atom is -0.350 e. The summed E-state index contributed by atoms with van der Waals surface area (Å²) >= 11 is 6.03. The van der Waals surface area contributed by atoms with Gasteiger partial charge in [-0.15, -0.1) is 5.10 Å². The summed E-state index contributed by atoms with van der Waals surface area (Å²) in [6, 6.07) is 13.2. The van der Waals surface area contributed by atoms with Gasteiger partial charge in [-0.25, -0.2) is 9.07 Å². The van der Waals surface area contributed by atoms with Crippen LogP contribution in [0.25, 0.3) is 5.69 Å². The molecule has 4 rings (SSSR count). The minimum absolute atomic E-state index is 0.000166. The minimum atomic E-state index is -0.338. The summed E-state index contributed by atoms with van der Waals surface area (Å²) in [6.45, 7) is 3.08. The van der Waals surface area contributed by atoms with Crippen LogP contribution in [0, 0.1) is 18.7 Å². The van der Waals surface area contributed by atoms with Crippen LogP contribution in [0.15, 0.2) is 48.5 Å². The van der Waals surface area contributed by atoms with Crippen molar-refractivity contribution in [3.63, 3.8) is 0 Å². The molecule has 1 aliphatic heterocycles. The Morgan fingerprint density at radius 2 is 2.03 bits per heavy atom. The molecule has 3 aromatic rings. The van der Waals surface area contributed by atoms with Crippen molar-refractivity contribution in [2.24, 2.45) is 5.92 Å². The summed E-state index contributed by atoms with van der Waals surface area (Å²) in [7, 11) is 0. The molecule has 9 heteroatoms. The number of amides is 2. The van der Waals surface area contributed by atoms with Crippen LogP contribution in [0.3, 0.4) is 0 Å². The highest BCUT2D eigenvalue weighted by Gasteiger charge is 2.30. The second-order valence-electron chi connectivity index (χ2n) is 7.60. The van der Waals surface area contributed by atoms with Crippen LogP contribution >= 0.6 is 11.6 Å². The maximum atomic E-state index is 13.1. The molecule has 0 radical (unpaired) electrons. The van der Waals surface area contributed by atoms with E-state index in [0.717, 1.165) is 11.3 Å². The number of halogens is 2. The lowest BCUT2D eigenvalue weighted by atomic mass is 10.1. The maximum Gasteiger partial charge on any atom is 0.273 e. The highest BCUT2D eigenvalue weighted by Crippen LogP contribution is 2.20. The standard InChI is InChI=1S/C22H21ClFN5O2/c1-14-21(26-27-29(14)19-4-2-3-17(23)10-19)22(31)25-11-16-9-20(30)28(13-16)12-15-5-7-18(24)8-6-15/h2-8,10,16H,9,11-13H2,1H3,(H,25,31). The number of nitrogens with one attached hydrogen (secondary N) is 1. The Morgan fingerprint density at radius 3 is 2.77 bits per heavy atom. The van der Waals surface area contributed by atoms with Gasteiger partial charge in [0.15, 0.2) is 5.69 Å². The number of aromatic nitrogens is 3. The Hall–Kier alpha value is -3.26. The zero-order valence-electron chi connectivity index (χ0n) is 16.9. The lowest BCUT2D eigenvalue weighted by Gasteiger charge is -2.17. The second-order valence-corrected chi connectivity index (χ2v) is 8.03. The van der Waals surface area contributed by atoms with Gasteiger partial charge in [-0.1, -0.05) is 35.0 Å². The molecular weight excluding hydrogens is 421 g/mol. The molecule has 7 nitrogen and oxygen atoms in total. The summed E-state index contributed by atoms with van der Waals surface area (Å²) in [5.41, 5.74) is 2.41. The Balaban J connectivity index is 1.35. The van der Waals surface area contributed by atoms with Gasteiger partial charge in [0, 0.05) is 37.0 Å². The highest BCUT2D eigenvalue weighted by molar-refractivity contribution is 6.30. The van der Waals surface area contributed by atoms with Gasteiger partial charge in [-0.2, -0.15) is 0 Å². The van der Waals surface area contributed by atoms with Crippen LogP contribution < -0.4 is 5.32 Å². The third kappa shape index (κ3) is 4.74. The summed E-state index contributed by atoms with van der Waals surface area (Å²) in [4.78, 5) is 26.7. The van der Waals surface area contributed by atoms with Gasteiger partial charge < -0.3 is 10.2 Å². The molecule has 2 heterocycles. The first-order valence-corrected chi connectivity index (χ1v) is 10.3. The maximum absolute atomic E-state index is 13.1. The molecule has 0 saturated carbocycles. The lowest BCUT2D eigenvalue weighted by molar-refractivity contribution is -0.128. The highest BCUT2D eigenvalue weighted by atomic mass is 35.5. The van der Waals surface area contributed by atoms with Crippen molar-refractivity contribution in [3.8, 4) is 5.69 Å². The van der Waals surface area contributed by atoms with Crippen LogP contribution in [0.1, 0.15) is 28.2 Å².